The second-order valence-corrected chi connectivity index (χ2v) is 12.1. The number of carbonyl (C=O) groups excluding carboxylic acids is 3. The molecule has 3 amide bonds. The summed E-state index contributed by atoms with van der Waals surface area (Å²) in [5.74, 6) is -4.45. The number of hydrogen-bond donors (Lipinski definition) is 1. The van der Waals surface area contributed by atoms with Crippen LogP contribution in [0.2, 0.25) is 5.02 Å². The number of imide groups is 1. The van der Waals surface area contributed by atoms with Crippen LogP contribution in [0.15, 0.2) is 52.5 Å². The van der Waals surface area contributed by atoms with Crippen LogP contribution in [-0.2, 0) is 9.59 Å². The highest BCUT2D eigenvalue weighted by Crippen LogP contribution is 2.77. The van der Waals surface area contributed by atoms with Crippen LogP contribution in [0.3, 0.4) is 0 Å². The monoisotopic (exact) mass is 626 g/mol. The zero-order valence-electron chi connectivity index (χ0n) is 17.9. The summed E-state index contributed by atoms with van der Waals surface area (Å²) in [6.45, 7) is 0. The van der Waals surface area contributed by atoms with Crippen molar-refractivity contribution in [3.63, 3.8) is 0 Å². The highest BCUT2D eigenvalue weighted by molar-refractivity contribution is 6.67. The second-order valence-electron chi connectivity index (χ2n) is 8.41. The molecule has 1 saturated carbocycles. The smallest absolute Gasteiger partial charge is 0.257 e. The number of anilines is 2. The molecule has 1 heterocycles. The number of ether oxygens (including phenoxy) is 1. The molecular weight excluding hydrogens is 616 g/mol. The first-order chi connectivity index (χ1) is 16.8. The van der Waals surface area contributed by atoms with Crippen LogP contribution in [0, 0.1) is 11.8 Å². The van der Waals surface area contributed by atoms with Crippen molar-refractivity contribution < 1.29 is 19.1 Å². The average Bonchev–Trinajstić information content (AvgIpc) is 3.22. The molecule has 0 spiro atoms. The van der Waals surface area contributed by atoms with Gasteiger partial charge >= 0.3 is 0 Å². The number of nitrogens with zero attached hydrogens (tertiary/aromatic N) is 1. The van der Waals surface area contributed by atoms with Crippen molar-refractivity contribution in [3.8, 4) is 5.75 Å². The van der Waals surface area contributed by atoms with E-state index in [1.165, 1.54) is 25.3 Å². The molecule has 36 heavy (non-hydrogen) atoms. The summed E-state index contributed by atoms with van der Waals surface area (Å²) >= 11 is 45.4. The van der Waals surface area contributed by atoms with Gasteiger partial charge in [0.15, 0.2) is 4.33 Å². The zero-order chi connectivity index (χ0) is 26.4. The molecule has 2 aromatic carbocycles. The molecule has 5 rings (SSSR count). The average molecular weight is 630 g/mol. The number of allylic oxidation sites excluding steroid dienone is 2. The van der Waals surface area contributed by atoms with E-state index in [-0.39, 0.29) is 27.0 Å². The van der Waals surface area contributed by atoms with Gasteiger partial charge < -0.3 is 10.1 Å². The third kappa shape index (κ3) is 3.10. The minimum absolute atomic E-state index is 0.00215. The summed E-state index contributed by atoms with van der Waals surface area (Å²) in [4.78, 5) is 37.7. The molecule has 0 radical (unpaired) electrons. The largest absolute Gasteiger partial charge is 0.495 e. The van der Waals surface area contributed by atoms with E-state index in [1.54, 1.807) is 24.3 Å². The molecule has 13 heteroatoms. The first-order valence-corrected chi connectivity index (χ1v) is 12.9. The van der Waals surface area contributed by atoms with E-state index in [4.69, 9.17) is 85.9 Å². The van der Waals surface area contributed by atoms with Gasteiger partial charge in [0.05, 0.1) is 45.9 Å². The number of methoxy groups -OCH3 is 1. The Kier molecular flexibility index (Phi) is 6.24. The minimum atomic E-state index is -2.05. The highest BCUT2D eigenvalue weighted by Gasteiger charge is 2.87. The van der Waals surface area contributed by atoms with Gasteiger partial charge in [0.1, 0.15) is 15.5 Å². The van der Waals surface area contributed by atoms with E-state index in [2.05, 4.69) is 5.32 Å². The summed E-state index contributed by atoms with van der Waals surface area (Å²) in [6, 6.07) is 10.7. The summed E-state index contributed by atoms with van der Waals surface area (Å²) in [7, 11) is 1.43. The zero-order valence-corrected chi connectivity index (χ0v) is 23.2. The molecule has 1 saturated heterocycles. The van der Waals surface area contributed by atoms with Crippen molar-refractivity contribution in [2.45, 2.75) is 14.1 Å². The molecule has 2 aromatic rings. The Bertz CT molecular complexity index is 1350. The maximum atomic E-state index is 13.7. The third-order valence-electron chi connectivity index (χ3n) is 6.71. The fourth-order valence-corrected chi connectivity index (χ4v) is 8.16. The summed E-state index contributed by atoms with van der Waals surface area (Å²) in [5.41, 5.74) is 0.298. The van der Waals surface area contributed by atoms with Crippen LogP contribution < -0.4 is 15.0 Å². The van der Waals surface area contributed by atoms with E-state index in [0.717, 1.165) is 4.90 Å². The van der Waals surface area contributed by atoms with Crippen LogP contribution in [-0.4, -0.2) is 38.9 Å². The quantitative estimate of drug-likeness (QED) is 0.308. The molecule has 2 fully saturated rings. The third-order valence-corrected chi connectivity index (χ3v) is 11.2. The van der Waals surface area contributed by atoms with E-state index < -0.39 is 43.6 Å². The van der Waals surface area contributed by atoms with Gasteiger partial charge in [-0.15, -0.1) is 23.2 Å². The number of carbonyl (C=O) groups is 3. The van der Waals surface area contributed by atoms with E-state index in [1.807, 2.05) is 0 Å². The predicted octanol–water partition coefficient (Wildman–Crippen LogP) is 6.55. The van der Waals surface area contributed by atoms with E-state index in [9.17, 15) is 14.4 Å². The van der Waals surface area contributed by atoms with Crippen LogP contribution in [0.25, 0.3) is 0 Å². The van der Waals surface area contributed by atoms with Crippen LogP contribution in [0.4, 0.5) is 11.4 Å². The Morgan fingerprint density at radius 3 is 2.03 bits per heavy atom. The lowest BCUT2D eigenvalue weighted by atomic mass is 9.84. The number of halogens is 7. The van der Waals surface area contributed by atoms with Gasteiger partial charge in [-0.25, -0.2) is 4.90 Å². The molecule has 4 atom stereocenters. The van der Waals surface area contributed by atoms with Gasteiger partial charge in [-0.1, -0.05) is 70.1 Å². The predicted molar refractivity (Wildman–Crippen MR) is 142 cm³/mol. The molecule has 1 N–H and O–H groups in total. The lowest BCUT2D eigenvalue weighted by Gasteiger charge is -2.34. The highest BCUT2D eigenvalue weighted by atomic mass is 35.5. The molecule has 0 aromatic heterocycles. The van der Waals surface area contributed by atoms with Gasteiger partial charge in [0, 0.05) is 5.02 Å². The summed E-state index contributed by atoms with van der Waals surface area (Å²) < 4.78 is 3.22. The number of fused-ring (bicyclic) bond motifs is 5. The van der Waals surface area contributed by atoms with Gasteiger partial charge in [-0.2, -0.15) is 0 Å². The van der Waals surface area contributed by atoms with Crippen molar-refractivity contribution in [2.75, 3.05) is 17.3 Å². The number of nitrogens with one attached hydrogen (secondary N) is 1. The lowest BCUT2D eigenvalue weighted by Crippen LogP contribution is -2.50. The number of alkyl halides is 4. The molecule has 188 valence electrons. The topological polar surface area (TPSA) is 75.7 Å². The van der Waals surface area contributed by atoms with Crippen molar-refractivity contribution in [2.24, 2.45) is 11.8 Å². The maximum Gasteiger partial charge on any atom is 0.257 e. The lowest BCUT2D eigenvalue weighted by molar-refractivity contribution is -0.123. The second kappa shape index (κ2) is 8.57. The Hall–Kier alpha value is -1.38. The Labute approximate surface area is 240 Å². The number of amides is 3. The fourth-order valence-electron chi connectivity index (χ4n) is 5.06. The Balaban J connectivity index is 1.57. The van der Waals surface area contributed by atoms with Crippen molar-refractivity contribution in [1.29, 1.82) is 0 Å². The minimum Gasteiger partial charge on any atom is -0.495 e. The first kappa shape index (κ1) is 26.2. The number of hydrogen-bond acceptors (Lipinski definition) is 4. The molecule has 0 unspecified atom stereocenters. The van der Waals surface area contributed by atoms with Crippen molar-refractivity contribution in [1.82, 2.24) is 0 Å². The molecule has 2 aliphatic carbocycles. The van der Waals surface area contributed by atoms with Gasteiger partial charge in [-0.3, -0.25) is 14.4 Å². The SMILES string of the molecule is COc1ccc(Cl)cc1NC(=O)c1ccccc1N1C(=O)[C@H]2[C@H](C1=O)[C@@]1(Cl)C(Cl)=C(Cl)[C@@]2(Cl)C1(Cl)Cl. The number of para-hydroxylation sites is 1. The molecule has 6 nitrogen and oxygen atoms in total. The van der Waals surface area contributed by atoms with Crippen molar-refractivity contribution >= 4 is 110 Å². The molecular formula is C23H13Cl7N2O4. The van der Waals surface area contributed by atoms with Crippen LogP contribution >= 0.6 is 81.2 Å². The van der Waals surface area contributed by atoms with Gasteiger partial charge in [-0.05, 0) is 30.3 Å². The number of rotatable bonds is 4. The maximum absolute atomic E-state index is 13.7. The van der Waals surface area contributed by atoms with Crippen molar-refractivity contribution in [3.05, 3.63) is 63.1 Å². The molecule has 3 aliphatic rings. The Morgan fingerprint density at radius 1 is 0.917 bits per heavy atom. The standard InChI is InChI=1S/C23H13Cl7N2O4/c1-36-13-7-6-9(24)8-11(13)31-18(33)10-4-2-3-5-12(10)32-19(34)14-15(20(32)35)22(28)17(26)16(25)21(14,27)23(22,29)30/h2-8,14-15H,1H3,(H,31,33)/t14-,15-,21-,22-/m1/s1. The fraction of sp³-hybridized carbons (Fsp3) is 0.261. The van der Waals surface area contributed by atoms with E-state index >= 15 is 0 Å². The summed E-state index contributed by atoms with van der Waals surface area (Å²) in [6.07, 6.45) is 0. The van der Waals surface area contributed by atoms with Gasteiger partial charge in [0.25, 0.3) is 5.91 Å². The first-order valence-electron chi connectivity index (χ1n) is 10.3. The van der Waals surface area contributed by atoms with E-state index in [0.29, 0.717) is 10.8 Å². The van der Waals surface area contributed by atoms with Gasteiger partial charge in [0.2, 0.25) is 11.8 Å². The van der Waals surface area contributed by atoms with Crippen LogP contribution in [0.1, 0.15) is 10.4 Å². The number of benzene rings is 2. The summed E-state index contributed by atoms with van der Waals surface area (Å²) in [5, 5.41) is 2.65. The molecule has 1 aliphatic heterocycles. The normalized spacial score (nSPS) is 30.2. The van der Waals surface area contributed by atoms with Crippen LogP contribution in [0.5, 0.6) is 5.75 Å². The Morgan fingerprint density at radius 2 is 1.47 bits per heavy atom. The molecule has 2 bridgehead atoms.